The minimum Gasteiger partial charge on any atom is -0.360 e. The van der Waals surface area contributed by atoms with Crippen LogP contribution in [0.25, 0.3) is 11.0 Å². The Morgan fingerprint density at radius 2 is 2.28 bits per heavy atom. The molecule has 2 aliphatic heterocycles. The van der Waals surface area contributed by atoms with Gasteiger partial charge in [0.15, 0.2) is 0 Å². The molecule has 18 heavy (non-hydrogen) atoms. The van der Waals surface area contributed by atoms with Gasteiger partial charge in [-0.05, 0) is 62.4 Å². The molecule has 0 amide bonds. The van der Waals surface area contributed by atoms with Crippen molar-refractivity contribution in [2.24, 2.45) is 0 Å². The summed E-state index contributed by atoms with van der Waals surface area (Å²) in [6.45, 7) is 2.60. The van der Waals surface area contributed by atoms with Crippen LogP contribution in [0, 0.1) is 0 Å². The highest BCUT2D eigenvalue weighted by Gasteiger charge is 2.33. The highest BCUT2D eigenvalue weighted by atomic mass is 15.2. The lowest BCUT2D eigenvalue weighted by atomic mass is 9.86. The summed E-state index contributed by atoms with van der Waals surface area (Å²) in [5.74, 6) is 0.702. The molecule has 0 radical (unpaired) electrons. The molecule has 0 bridgehead atoms. The molecule has 2 fully saturated rings. The van der Waals surface area contributed by atoms with Gasteiger partial charge >= 0.3 is 0 Å². The van der Waals surface area contributed by atoms with Gasteiger partial charge in [-0.1, -0.05) is 0 Å². The molecule has 0 aromatic carbocycles. The molecule has 2 saturated heterocycles. The Morgan fingerprint density at radius 3 is 3.28 bits per heavy atom. The zero-order valence-electron chi connectivity index (χ0n) is 10.6. The van der Waals surface area contributed by atoms with E-state index < -0.39 is 0 Å². The van der Waals surface area contributed by atoms with Crippen molar-refractivity contribution in [3.05, 3.63) is 30.1 Å². The molecule has 3 heteroatoms. The number of hydrogen-bond donors (Lipinski definition) is 1. The molecule has 2 aromatic rings. The number of aromatic amines is 1. The van der Waals surface area contributed by atoms with Crippen LogP contribution >= 0.6 is 0 Å². The molecule has 0 saturated carbocycles. The molecule has 2 unspecified atom stereocenters. The van der Waals surface area contributed by atoms with E-state index in [2.05, 4.69) is 27.1 Å². The molecule has 4 heterocycles. The van der Waals surface area contributed by atoms with E-state index >= 15 is 0 Å². The van der Waals surface area contributed by atoms with E-state index in [1.54, 1.807) is 0 Å². The topological polar surface area (TPSA) is 31.9 Å². The average Bonchev–Trinajstić information content (AvgIpc) is 3.04. The Kier molecular flexibility index (Phi) is 2.40. The van der Waals surface area contributed by atoms with Crippen molar-refractivity contribution in [1.29, 1.82) is 0 Å². The summed E-state index contributed by atoms with van der Waals surface area (Å²) in [7, 11) is 0. The summed E-state index contributed by atoms with van der Waals surface area (Å²) < 4.78 is 0. The van der Waals surface area contributed by atoms with Crippen LogP contribution in [0.1, 0.15) is 37.2 Å². The standard InChI is InChI=1S/C15H19N3/c1-4-14-15(16-6-1)13(10-17-14)11-5-8-18-7-2-3-12(18)9-11/h1,4,6,10-12,17H,2-3,5,7-9H2. The van der Waals surface area contributed by atoms with E-state index in [4.69, 9.17) is 0 Å². The Labute approximate surface area is 107 Å². The molecular formula is C15H19N3. The summed E-state index contributed by atoms with van der Waals surface area (Å²) in [4.78, 5) is 10.6. The maximum Gasteiger partial charge on any atom is 0.0913 e. The zero-order chi connectivity index (χ0) is 11.9. The number of aromatic nitrogens is 2. The van der Waals surface area contributed by atoms with Crippen LogP contribution in [0.2, 0.25) is 0 Å². The van der Waals surface area contributed by atoms with E-state index in [1.165, 1.54) is 55.4 Å². The second kappa shape index (κ2) is 4.09. The van der Waals surface area contributed by atoms with E-state index in [0.717, 1.165) is 6.04 Å². The van der Waals surface area contributed by atoms with Crippen molar-refractivity contribution < 1.29 is 0 Å². The first-order chi connectivity index (χ1) is 8.92. The van der Waals surface area contributed by atoms with E-state index in [9.17, 15) is 0 Å². The summed E-state index contributed by atoms with van der Waals surface area (Å²) in [6, 6.07) is 4.95. The summed E-state index contributed by atoms with van der Waals surface area (Å²) >= 11 is 0. The number of H-pyrrole nitrogens is 1. The maximum absolute atomic E-state index is 4.56. The SMILES string of the molecule is c1cnc2c(C3CCN4CCCC4C3)c[nH]c2c1. The van der Waals surface area contributed by atoms with Crippen LogP contribution in [0.4, 0.5) is 0 Å². The Hall–Kier alpha value is -1.35. The maximum atomic E-state index is 4.56. The number of fused-ring (bicyclic) bond motifs is 2. The number of hydrogen-bond acceptors (Lipinski definition) is 2. The third-order valence-corrected chi connectivity index (χ3v) is 4.72. The van der Waals surface area contributed by atoms with Crippen molar-refractivity contribution >= 4 is 11.0 Å². The van der Waals surface area contributed by atoms with E-state index in [1.807, 2.05) is 12.3 Å². The molecule has 3 nitrogen and oxygen atoms in total. The van der Waals surface area contributed by atoms with Crippen molar-refractivity contribution in [2.75, 3.05) is 13.1 Å². The predicted octanol–water partition coefficient (Wildman–Crippen LogP) is 2.90. The van der Waals surface area contributed by atoms with Crippen LogP contribution in [0.3, 0.4) is 0 Å². The normalized spacial score (nSPS) is 28.7. The third-order valence-electron chi connectivity index (χ3n) is 4.72. The highest BCUT2D eigenvalue weighted by Crippen LogP contribution is 2.38. The molecule has 0 aliphatic carbocycles. The average molecular weight is 241 g/mol. The largest absolute Gasteiger partial charge is 0.360 e. The van der Waals surface area contributed by atoms with Gasteiger partial charge in [-0.2, -0.15) is 0 Å². The van der Waals surface area contributed by atoms with Gasteiger partial charge in [0.2, 0.25) is 0 Å². The molecule has 2 atom stereocenters. The molecule has 94 valence electrons. The van der Waals surface area contributed by atoms with Gasteiger partial charge in [-0.15, -0.1) is 0 Å². The predicted molar refractivity (Wildman–Crippen MR) is 72.7 cm³/mol. The molecule has 1 N–H and O–H groups in total. The fraction of sp³-hybridized carbons (Fsp3) is 0.533. The number of rotatable bonds is 1. The van der Waals surface area contributed by atoms with Gasteiger partial charge in [0.25, 0.3) is 0 Å². The van der Waals surface area contributed by atoms with Crippen LogP contribution in [-0.2, 0) is 0 Å². The quantitative estimate of drug-likeness (QED) is 0.832. The third kappa shape index (κ3) is 1.57. The van der Waals surface area contributed by atoms with Gasteiger partial charge in [-0.25, -0.2) is 0 Å². The fourth-order valence-corrected chi connectivity index (χ4v) is 3.79. The summed E-state index contributed by atoms with van der Waals surface area (Å²) in [6.07, 6.45) is 9.50. The number of pyridine rings is 1. The van der Waals surface area contributed by atoms with Crippen molar-refractivity contribution in [3.8, 4) is 0 Å². The number of nitrogens with one attached hydrogen (secondary N) is 1. The Bertz CT molecular complexity index is 560. The summed E-state index contributed by atoms with van der Waals surface area (Å²) in [5.41, 5.74) is 3.81. The fourth-order valence-electron chi connectivity index (χ4n) is 3.79. The lowest BCUT2D eigenvalue weighted by molar-refractivity contribution is 0.181. The highest BCUT2D eigenvalue weighted by molar-refractivity contribution is 5.79. The Balaban J connectivity index is 1.67. The minimum absolute atomic E-state index is 0.702. The lowest BCUT2D eigenvalue weighted by Gasteiger charge is -2.34. The molecule has 4 rings (SSSR count). The van der Waals surface area contributed by atoms with E-state index in [0.29, 0.717) is 5.92 Å². The van der Waals surface area contributed by atoms with Crippen LogP contribution in [0.5, 0.6) is 0 Å². The Morgan fingerprint density at radius 1 is 1.28 bits per heavy atom. The van der Waals surface area contributed by atoms with Crippen molar-refractivity contribution in [3.63, 3.8) is 0 Å². The molecule has 2 aromatic heterocycles. The van der Waals surface area contributed by atoms with Crippen molar-refractivity contribution in [2.45, 2.75) is 37.6 Å². The van der Waals surface area contributed by atoms with Crippen molar-refractivity contribution in [1.82, 2.24) is 14.9 Å². The van der Waals surface area contributed by atoms with Crippen LogP contribution < -0.4 is 0 Å². The van der Waals surface area contributed by atoms with Gasteiger partial charge in [0.1, 0.15) is 0 Å². The van der Waals surface area contributed by atoms with Crippen LogP contribution in [0.15, 0.2) is 24.5 Å². The number of nitrogens with zero attached hydrogens (tertiary/aromatic N) is 2. The van der Waals surface area contributed by atoms with E-state index in [-0.39, 0.29) is 0 Å². The van der Waals surface area contributed by atoms with Gasteiger partial charge in [0.05, 0.1) is 11.0 Å². The minimum atomic E-state index is 0.702. The van der Waals surface area contributed by atoms with Crippen LogP contribution in [-0.4, -0.2) is 34.0 Å². The summed E-state index contributed by atoms with van der Waals surface area (Å²) in [5, 5.41) is 0. The van der Waals surface area contributed by atoms with Gasteiger partial charge < -0.3 is 9.88 Å². The zero-order valence-corrected chi connectivity index (χ0v) is 10.6. The number of piperidine rings is 1. The first-order valence-corrected chi connectivity index (χ1v) is 7.08. The molecule has 0 spiro atoms. The molecule has 2 aliphatic rings. The monoisotopic (exact) mass is 241 g/mol. The second-order valence-electron chi connectivity index (χ2n) is 5.70. The second-order valence-corrected chi connectivity index (χ2v) is 5.70. The first-order valence-electron chi connectivity index (χ1n) is 7.08. The first kappa shape index (κ1) is 10.6. The van der Waals surface area contributed by atoms with Gasteiger partial charge in [-0.3, -0.25) is 4.98 Å². The smallest absolute Gasteiger partial charge is 0.0913 e. The lowest BCUT2D eigenvalue weighted by Crippen LogP contribution is -2.37. The van der Waals surface area contributed by atoms with Gasteiger partial charge in [0, 0.05) is 18.4 Å². The molecular weight excluding hydrogens is 222 g/mol.